The van der Waals surface area contributed by atoms with Crippen LogP contribution in [0.1, 0.15) is 48.1 Å². The molecule has 0 saturated carbocycles. The number of aryl methyl sites for hydroxylation is 2. The number of allylic oxidation sites excluding steroid dienone is 3. The van der Waals surface area contributed by atoms with Gasteiger partial charge in [-0.05, 0) is 90.4 Å². The second-order valence-corrected chi connectivity index (χ2v) is 7.66. The third kappa shape index (κ3) is 4.83. The fraction of sp³-hybridized carbons (Fsp3) is 0.192. The molecule has 0 aliphatic heterocycles. The Bertz CT molecular complexity index is 1080. The maximum absolute atomic E-state index is 13.7. The summed E-state index contributed by atoms with van der Waals surface area (Å²) in [5, 5.41) is 0.428. The molecule has 1 aromatic heterocycles. The van der Waals surface area contributed by atoms with Crippen LogP contribution in [0, 0.1) is 19.7 Å². The first-order valence-electron chi connectivity index (χ1n) is 9.75. The third-order valence-corrected chi connectivity index (χ3v) is 5.41. The number of rotatable bonds is 5. The molecular formula is C26H25ClFN. The Morgan fingerprint density at radius 3 is 2.41 bits per heavy atom. The van der Waals surface area contributed by atoms with Gasteiger partial charge in [0.2, 0.25) is 0 Å². The van der Waals surface area contributed by atoms with Crippen LogP contribution in [0.25, 0.3) is 17.2 Å². The Hall–Kier alpha value is -2.71. The molecule has 0 radical (unpaired) electrons. The molecule has 0 unspecified atom stereocenters. The second-order valence-electron chi connectivity index (χ2n) is 7.26. The lowest BCUT2D eigenvalue weighted by atomic mass is 9.87. The number of hydrogen-bond acceptors (Lipinski definition) is 1. The maximum atomic E-state index is 13.7. The lowest BCUT2D eigenvalue weighted by Gasteiger charge is -2.18. The number of nitrogens with zero attached hydrogens (tertiary/aromatic N) is 1. The molecule has 148 valence electrons. The molecular weight excluding hydrogens is 381 g/mol. The van der Waals surface area contributed by atoms with Crippen molar-refractivity contribution in [3.05, 3.63) is 105 Å². The number of hydrogen-bond donors (Lipinski definition) is 0. The van der Waals surface area contributed by atoms with Crippen LogP contribution in [0.5, 0.6) is 0 Å². The Kier molecular flexibility index (Phi) is 6.66. The SMILES string of the molecule is CC/C(=C(\C(C)=C\c1cnccc1C)c1ccc(C)cc1)c1ccc(F)cc1Cl. The summed E-state index contributed by atoms with van der Waals surface area (Å²) in [6, 6.07) is 15.1. The Labute approximate surface area is 177 Å². The van der Waals surface area contributed by atoms with Gasteiger partial charge in [-0.2, -0.15) is 0 Å². The van der Waals surface area contributed by atoms with E-state index in [9.17, 15) is 4.39 Å². The minimum absolute atomic E-state index is 0.329. The van der Waals surface area contributed by atoms with Crippen LogP contribution in [0.2, 0.25) is 5.02 Å². The van der Waals surface area contributed by atoms with Gasteiger partial charge in [0.05, 0.1) is 5.02 Å². The highest BCUT2D eigenvalue weighted by Gasteiger charge is 2.15. The van der Waals surface area contributed by atoms with Gasteiger partial charge in [-0.25, -0.2) is 4.39 Å². The van der Waals surface area contributed by atoms with Gasteiger partial charge in [-0.1, -0.05) is 54.4 Å². The standard InChI is InChI=1S/C26H25ClFN/c1-5-23(24-11-10-22(28)15-25(24)27)26(20-8-6-17(2)7-9-20)19(4)14-21-16-29-13-12-18(21)3/h6-16H,5H2,1-4H3/b19-14+,26-23-. The molecule has 0 atom stereocenters. The molecule has 3 rings (SSSR count). The van der Waals surface area contributed by atoms with Crippen LogP contribution in [0.15, 0.2) is 66.5 Å². The number of aromatic nitrogens is 1. The predicted octanol–water partition coefficient (Wildman–Crippen LogP) is 7.92. The largest absolute Gasteiger partial charge is 0.264 e. The number of benzene rings is 2. The van der Waals surface area contributed by atoms with E-state index in [2.05, 4.69) is 63.0 Å². The molecule has 3 heteroatoms. The summed E-state index contributed by atoms with van der Waals surface area (Å²) in [4.78, 5) is 4.27. The highest BCUT2D eigenvalue weighted by molar-refractivity contribution is 6.32. The average molecular weight is 406 g/mol. The first-order chi connectivity index (χ1) is 13.9. The maximum Gasteiger partial charge on any atom is 0.124 e. The average Bonchev–Trinajstić information content (AvgIpc) is 2.69. The summed E-state index contributed by atoms with van der Waals surface area (Å²) < 4.78 is 13.7. The Balaban J connectivity index is 2.28. The molecule has 3 aromatic rings. The van der Waals surface area contributed by atoms with E-state index in [1.165, 1.54) is 23.3 Å². The topological polar surface area (TPSA) is 12.9 Å². The van der Waals surface area contributed by atoms with Gasteiger partial charge in [-0.15, -0.1) is 0 Å². The Morgan fingerprint density at radius 2 is 1.79 bits per heavy atom. The van der Waals surface area contributed by atoms with E-state index < -0.39 is 0 Å². The molecule has 1 nitrogen and oxygen atoms in total. The summed E-state index contributed by atoms with van der Waals surface area (Å²) in [7, 11) is 0. The number of halogens is 2. The fourth-order valence-corrected chi connectivity index (χ4v) is 3.81. The normalized spacial score (nSPS) is 12.7. The van der Waals surface area contributed by atoms with Crippen LogP contribution in [-0.4, -0.2) is 4.98 Å². The van der Waals surface area contributed by atoms with Crippen molar-refractivity contribution in [1.82, 2.24) is 4.98 Å². The molecule has 0 fully saturated rings. The van der Waals surface area contributed by atoms with E-state index in [4.69, 9.17) is 11.6 Å². The van der Waals surface area contributed by atoms with E-state index in [-0.39, 0.29) is 5.82 Å². The minimum Gasteiger partial charge on any atom is -0.264 e. The summed E-state index contributed by atoms with van der Waals surface area (Å²) >= 11 is 6.45. The number of pyridine rings is 1. The van der Waals surface area contributed by atoms with Crippen LogP contribution in [-0.2, 0) is 0 Å². The molecule has 2 aromatic carbocycles. The van der Waals surface area contributed by atoms with Gasteiger partial charge >= 0.3 is 0 Å². The first kappa shape index (κ1) is 21.0. The van der Waals surface area contributed by atoms with Crippen LogP contribution in [0.4, 0.5) is 4.39 Å². The molecule has 0 N–H and O–H groups in total. The molecule has 0 saturated heterocycles. The highest BCUT2D eigenvalue weighted by Crippen LogP contribution is 2.38. The van der Waals surface area contributed by atoms with Gasteiger partial charge in [0.1, 0.15) is 5.82 Å². The molecule has 0 spiro atoms. The lowest BCUT2D eigenvalue weighted by molar-refractivity contribution is 0.628. The van der Waals surface area contributed by atoms with Gasteiger partial charge in [-0.3, -0.25) is 4.98 Å². The van der Waals surface area contributed by atoms with Crippen molar-refractivity contribution < 1.29 is 4.39 Å². The van der Waals surface area contributed by atoms with Crippen molar-refractivity contribution >= 4 is 28.8 Å². The van der Waals surface area contributed by atoms with Crippen molar-refractivity contribution in [2.24, 2.45) is 0 Å². The van der Waals surface area contributed by atoms with Crippen molar-refractivity contribution in [2.75, 3.05) is 0 Å². The first-order valence-corrected chi connectivity index (χ1v) is 10.1. The summed E-state index contributed by atoms with van der Waals surface area (Å²) in [6.45, 7) is 8.36. The van der Waals surface area contributed by atoms with Crippen LogP contribution < -0.4 is 0 Å². The van der Waals surface area contributed by atoms with E-state index in [0.29, 0.717) is 5.02 Å². The quantitative estimate of drug-likeness (QED) is 0.310. The summed E-state index contributed by atoms with van der Waals surface area (Å²) in [5.74, 6) is -0.329. The van der Waals surface area contributed by atoms with E-state index in [1.54, 1.807) is 12.3 Å². The zero-order valence-electron chi connectivity index (χ0n) is 17.3. The molecule has 1 heterocycles. The van der Waals surface area contributed by atoms with Gasteiger partial charge in [0.25, 0.3) is 0 Å². The molecule has 0 aliphatic carbocycles. The van der Waals surface area contributed by atoms with Crippen LogP contribution in [0.3, 0.4) is 0 Å². The lowest BCUT2D eigenvalue weighted by Crippen LogP contribution is -1.96. The molecule has 0 amide bonds. The molecule has 29 heavy (non-hydrogen) atoms. The van der Waals surface area contributed by atoms with Crippen molar-refractivity contribution in [1.29, 1.82) is 0 Å². The summed E-state index contributed by atoms with van der Waals surface area (Å²) in [6.07, 6.45) is 6.60. The zero-order valence-corrected chi connectivity index (χ0v) is 18.0. The van der Waals surface area contributed by atoms with Crippen molar-refractivity contribution in [3.8, 4) is 0 Å². The van der Waals surface area contributed by atoms with Crippen LogP contribution >= 0.6 is 11.6 Å². The van der Waals surface area contributed by atoms with Crippen molar-refractivity contribution in [3.63, 3.8) is 0 Å². The van der Waals surface area contributed by atoms with Gasteiger partial charge < -0.3 is 0 Å². The third-order valence-electron chi connectivity index (χ3n) is 5.10. The van der Waals surface area contributed by atoms with Gasteiger partial charge in [0.15, 0.2) is 0 Å². The fourth-order valence-electron chi connectivity index (χ4n) is 3.53. The summed E-state index contributed by atoms with van der Waals surface area (Å²) in [5.41, 5.74) is 8.75. The zero-order chi connectivity index (χ0) is 21.0. The smallest absolute Gasteiger partial charge is 0.124 e. The predicted molar refractivity (Wildman–Crippen MR) is 122 cm³/mol. The van der Waals surface area contributed by atoms with E-state index in [1.807, 2.05) is 12.3 Å². The van der Waals surface area contributed by atoms with Gasteiger partial charge in [0, 0.05) is 12.4 Å². The molecule has 0 bridgehead atoms. The Morgan fingerprint density at radius 1 is 1.07 bits per heavy atom. The highest BCUT2D eigenvalue weighted by atomic mass is 35.5. The monoisotopic (exact) mass is 405 g/mol. The van der Waals surface area contributed by atoms with E-state index >= 15 is 0 Å². The molecule has 0 aliphatic rings. The van der Waals surface area contributed by atoms with Crippen molar-refractivity contribution in [2.45, 2.75) is 34.1 Å². The van der Waals surface area contributed by atoms with E-state index in [0.717, 1.165) is 39.8 Å². The second kappa shape index (κ2) is 9.19. The minimum atomic E-state index is -0.329.